The predicted molar refractivity (Wildman–Crippen MR) is 116 cm³/mol. The van der Waals surface area contributed by atoms with Crippen molar-refractivity contribution in [3.63, 3.8) is 0 Å². The Kier molecular flexibility index (Phi) is 4.24. The topological polar surface area (TPSA) is 43.6 Å². The van der Waals surface area contributed by atoms with Crippen molar-refractivity contribution < 1.29 is 13.2 Å². The van der Waals surface area contributed by atoms with Crippen LogP contribution >= 0.6 is 0 Å². The van der Waals surface area contributed by atoms with Gasteiger partial charge in [-0.2, -0.15) is 0 Å². The van der Waals surface area contributed by atoms with Gasteiger partial charge in [0.15, 0.2) is 0 Å². The Balaban J connectivity index is 1.42. The third kappa shape index (κ3) is 3.30. The molecule has 2 aromatic carbocycles. The van der Waals surface area contributed by atoms with Crippen molar-refractivity contribution in [1.82, 2.24) is 19.5 Å². The molecule has 0 saturated heterocycles. The summed E-state index contributed by atoms with van der Waals surface area (Å²) in [5.74, 6) is -1.67. The second-order valence-electron chi connectivity index (χ2n) is 8.25. The number of aromatic nitrogens is 4. The summed E-state index contributed by atoms with van der Waals surface area (Å²) < 4.78 is 44.3. The monoisotopic (exact) mass is 430 g/mol. The van der Waals surface area contributed by atoms with E-state index in [1.807, 2.05) is 12.3 Å². The van der Waals surface area contributed by atoms with Crippen LogP contribution in [-0.2, 0) is 6.42 Å². The highest BCUT2D eigenvalue weighted by molar-refractivity contribution is 5.97. The molecule has 1 fully saturated rings. The van der Waals surface area contributed by atoms with Gasteiger partial charge in [-0.05, 0) is 54.3 Å². The maximum atomic E-state index is 15.2. The Hall–Kier alpha value is -3.74. The molecule has 3 heterocycles. The molecule has 4 nitrogen and oxygen atoms in total. The zero-order chi connectivity index (χ0) is 21.8. The first-order valence-corrected chi connectivity index (χ1v) is 10.4. The van der Waals surface area contributed by atoms with E-state index in [0.29, 0.717) is 28.1 Å². The molecule has 1 saturated carbocycles. The number of pyridine rings is 1. The summed E-state index contributed by atoms with van der Waals surface area (Å²) >= 11 is 0. The molecule has 3 aromatic heterocycles. The van der Waals surface area contributed by atoms with Crippen LogP contribution in [0, 0.1) is 17.5 Å². The highest BCUT2D eigenvalue weighted by atomic mass is 19.1. The van der Waals surface area contributed by atoms with Crippen LogP contribution in [0.3, 0.4) is 0 Å². The van der Waals surface area contributed by atoms with Crippen molar-refractivity contribution in [1.29, 1.82) is 0 Å². The molecule has 6 rings (SSSR count). The van der Waals surface area contributed by atoms with Gasteiger partial charge in [-0.1, -0.05) is 0 Å². The zero-order valence-corrected chi connectivity index (χ0v) is 16.9. The molecule has 0 atom stereocenters. The van der Waals surface area contributed by atoms with Crippen LogP contribution in [0.5, 0.6) is 0 Å². The number of benzene rings is 2. The molecule has 0 spiro atoms. The summed E-state index contributed by atoms with van der Waals surface area (Å²) in [5.41, 5.74) is 3.45. The van der Waals surface area contributed by atoms with Gasteiger partial charge in [0.05, 0.1) is 0 Å². The van der Waals surface area contributed by atoms with Gasteiger partial charge >= 0.3 is 0 Å². The van der Waals surface area contributed by atoms with Gasteiger partial charge in [0.25, 0.3) is 0 Å². The second kappa shape index (κ2) is 7.15. The molecule has 0 bridgehead atoms. The zero-order valence-electron chi connectivity index (χ0n) is 16.9. The average Bonchev–Trinajstić information content (AvgIpc) is 3.53. The lowest BCUT2D eigenvalue weighted by molar-refractivity contribution is 0.580. The molecule has 32 heavy (non-hydrogen) atoms. The minimum atomic E-state index is -0.647. The van der Waals surface area contributed by atoms with Gasteiger partial charge in [0.1, 0.15) is 29.4 Å². The second-order valence-corrected chi connectivity index (χ2v) is 8.25. The van der Waals surface area contributed by atoms with Crippen LogP contribution in [-0.4, -0.2) is 19.5 Å². The maximum absolute atomic E-state index is 15.2. The summed E-state index contributed by atoms with van der Waals surface area (Å²) in [6.45, 7) is 0. The lowest BCUT2D eigenvalue weighted by Gasteiger charge is -2.08. The molecule has 0 amide bonds. The van der Waals surface area contributed by atoms with Gasteiger partial charge < -0.3 is 4.57 Å². The number of rotatable bonds is 4. The first kappa shape index (κ1) is 19.0. The fourth-order valence-corrected chi connectivity index (χ4v) is 4.28. The summed E-state index contributed by atoms with van der Waals surface area (Å²) in [4.78, 5) is 13.0. The molecule has 0 N–H and O–H groups in total. The number of hydrogen-bond acceptors (Lipinski definition) is 3. The number of fused-ring (bicyclic) bond motifs is 2. The molecule has 0 unspecified atom stereocenters. The Bertz CT molecular complexity index is 1480. The minimum absolute atomic E-state index is 0.206. The Morgan fingerprint density at radius 1 is 0.875 bits per heavy atom. The van der Waals surface area contributed by atoms with Crippen LogP contribution in [0.4, 0.5) is 13.2 Å². The standard InChI is InChI=1S/C25H17F3N4/c26-17-3-14(4-18(27)8-17)5-19-9-21-16(10-30-19)6-15(7-24(21)28)23-12-32(20-1-2-20)25-22(23)11-29-13-31-25/h3-4,6-13,20H,1-2,5H2. The van der Waals surface area contributed by atoms with Gasteiger partial charge in [-0.15, -0.1) is 0 Å². The third-order valence-corrected chi connectivity index (χ3v) is 5.89. The van der Waals surface area contributed by atoms with Crippen molar-refractivity contribution >= 4 is 21.8 Å². The fourth-order valence-electron chi connectivity index (χ4n) is 4.28. The van der Waals surface area contributed by atoms with E-state index < -0.39 is 11.6 Å². The first-order chi connectivity index (χ1) is 15.5. The van der Waals surface area contributed by atoms with E-state index in [0.717, 1.165) is 41.1 Å². The molecule has 1 aliphatic carbocycles. The quantitative estimate of drug-likeness (QED) is 0.352. The fraction of sp³-hybridized carbons (Fsp3) is 0.160. The van der Waals surface area contributed by atoms with Crippen molar-refractivity contribution in [2.45, 2.75) is 25.3 Å². The molecular weight excluding hydrogens is 413 g/mol. The molecular formula is C25H17F3N4. The normalized spacial score (nSPS) is 13.8. The Morgan fingerprint density at radius 3 is 2.47 bits per heavy atom. The third-order valence-electron chi connectivity index (χ3n) is 5.89. The van der Waals surface area contributed by atoms with Crippen LogP contribution < -0.4 is 0 Å². The largest absolute Gasteiger partial charge is 0.329 e. The van der Waals surface area contributed by atoms with E-state index in [-0.39, 0.29) is 12.2 Å². The highest BCUT2D eigenvalue weighted by Crippen LogP contribution is 2.41. The van der Waals surface area contributed by atoms with Crippen molar-refractivity contribution in [3.8, 4) is 11.1 Å². The Morgan fingerprint density at radius 2 is 1.69 bits per heavy atom. The SMILES string of the molecule is Fc1cc(F)cc(Cc2cc3c(F)cc(-c4cn(C5CC5)c5ncncc45)cc3cn2)c1. The number of nitrogens with zero attached hydrogens (tertiary/aromatic N) is 4. The average molecular weight is 430 g/mol. The lowest BCUT2D eigenvalue weighted by Crippen LogP contribution is -1.95. The smallest absolute Gasteiger partial charge is 0.144 e. The van der Waals surface area contributed by atoms with Crippen LogP contribution in [0.25, 0.3) is 32.9 Å². The molecule has 0 radical (unpaired) electrons. The van der Waals surface area contributed by atoms with Crippen molar-refractivity contribution in [3.05, 3.63) is 90.0 Å². The summed E-state index contributed by atoms with van der Waals surface area (Å²) in [7, 11) is 0. The Labute approximate surface area is 181 Å². The van der Waals surface area contributed by atoms with Gasteiger partial charge in [-0.25, -0.2) is 23.1 Å². The van der Waals surface area contributed by atoms with E-state index in [2.05, 4.69) is 19.5 Å². The first-order valence-electron chi connectivity index (χ1n) is 10.4. The predicted octanol–water partition coefficient (Wildman–Crippen LogP) is 5.99. The van der Waals surface area contributed by atoms with E-state index in [4.69, 9.17) is 0 Å². The van der Waals surface area contributed by atoms with Crippen LogP contribution in [0.1, 0.15) is 30.1 Å². The molecule has 7 heteroatoms. The molecule has 5 aromatic rings. The van der Waals surface area contributed by atoms with E-state index >= 15 is 4.39 Å². The minimum Gasteiger partial charge on any atom is -0.329 e. The van der Waals surface area contributed by atoms with Gasteiger partial charge in [0, 0.05) is 64.5 Å². The maximum Gasteiger partial charge on any atom is 0.144 e. The van der Waals surface area contributed by atoms with Crippen LogP contribution in [0.2, 0.25) is 0 Å². The van der Waals surface area contributed by atoms with Crippen molar-refractivity contribution in [2.24, 2.45) is 0 Å². The summed E-state index contributed by atoms with van der Waals surface area (Å²) in [5, 5.41) is 1.95. The lowest BCUT2D eigenvalue weighted by atomic mass is 10.0. The van der Waals surface area contributed by atoms with E-state index in [1.165, 1.54) is 24.5 Å². The van der Waals surface area contributed by atoms with Gasteiger partial charge in [-0.3, -0.25) is 4.98 Å². The van der Waals surface area contributed by atoms with Gasteiger partial charge in [0.2, 0.25) is 0 Å². The molecule has 1 aliphatic rings. The van der Waals surface area contributed by atoms with Crippen LogP contribution in [0.15, 0.2) is 61.3 Å². The molecule has 0 aliphatic heterocycles. The van der Waals surface area contributed by atoms with E-state index in [1.54, 1.807) is 18.5 Å². The summed E-state index contributed by atoms with van der Waals surface area (Å²) in [6, 6.07) is 8.81. The highest BCUT2D eigenvalue weighted by Gasteiger charge is 2.27. The summed E-state index contributed by atoms with van der Waals surface area (Å²) in [6.07, 6.45) is 9.35. The van der Waals surface area contributed by atoms with E-state index in [9.17, 15) is 8.78 Å². The number of hydrogen-bond donors (Lipinski definition) is 0. The molecule has 158 valence electrons. The number of halogens is 3. The van der Waals surface area contributed by atoms with Crippen molar-refractivity contribution in [2.75, 3.05) is 0 Å².